The lowest BCUT2D eigenvalue weighted by molar-refractivity contribution is 0.121. The van der Waals surface area contributed by atoms with Crippen molar-refractivity contribution < 1.29 is 14.6 Å². The minimum Gasteiger partial charge on any atom is -0.445 e. The Hall–Kier alpha value is -1.81. The maximum atomic E-state index is 11.4. The third kappa shape index (κ3) is 4.70. The molecular formula is C13H17NO3. The Labute approximate surface area is 101 Å². The number of rotatable bonds is 5. The van der Waals surface area contributed by atoms with Crippen molar-refractivity contribution in [2.75, 3.05) is 0 Å². The SMILES string of the molecule is C=C[C@H](O)[C@H](C)NC(=O)OCc1ccccc1. The maximum absolute atomic E-state index is 11.4. The average molecular weight is 235 g/mol. The van der Waals surface area contributed by atoms with Crippen LogP contribution in [0.3, 0.4) is 0 Å². The van der Waals surface area contributed by atoms with Crippen LogP contribution < -0.4 is 5.32 Å². The number of hydrogen-bond donors (Lipinski definition) is 2. The van der Waals surface area contributed by atoms with E-state index in [1.54, 1.807) is 6.92 Å². The van der Waals surface area contributed by atoms with Crippen LogP contribution in [0.15, 0.2) is 43.0 Å². The summed E-state index contributed by atoms with van der Waals surface area (Å²) in [5.74, 6) is 0. The number of alkyl carbamates (subject to hydrolysis) is 1. The van der Waals surface area contributed by atoms with E-state index in [0.717, 1.165) is 5.56 Å². The summed E-state index contributed by atoms with van der Waals surface area (Å²) in [6, 6.07) is 8.97. The summed E-state index contributed by atoms with van der Waals surface area (Å²) in [5.41, 5.74) is 0.916. The van der Waals surface area contributed by atoms with Crippen LogP contribution >= 0.6 is 0 Å². The Morgan fingerprint density at radius 2 is 2.18 bits per heavy atom. The van der Waals surface area contributed by atoms with Crippen molar-refractivity contribution in [1.82, 2.24) is 5.32 Å². The molecule has 0 bridgehead atoms. The Morgan fingerprint density at radius 1 is 1.53 bits per heavy atom. The van der Waals surface area contributed by atoms with Gasteiger partial charge in [-0.05, 0) is 12.5 Å². The lowest BCUT2D eigenvalue weighted by atomic mass is 10.2. The summed E-state index contributed by atoms with van der Waals surface area (Å²) in [4.78, 5) is 11.4. The zero-order valence-corrected chi connectivity index (χ0v) is 9.80. The quantitative estimate of drug-likeness (QED) is 0.766. The first kappa shape index (κ1) is 13.3. The highest BCUT2D eigenvalue weighted by molar-refractivity contribution is 5.67. The van der Waals surface area contributed by atoms with Gasteiger partial charge in [0.25, 0.3) is 0 Å². The number of amides is 1. The van der Waals surface area contributed by atoms with Crippen molar-refractivity contribution in [3.63, 3.8) is 0 Å². The number of benzene rings is 1. The van der Waals surface area contributed by atoms with Gasteiger partial charge in [0.05, 0.1) is 12.1 Å². The summed E-state index contributed by atoms with van der Waals surface area (Å²) in [6.45, 7) is 5.33. The number of carbonyl (C=O) groups is 1. The van der Waals surface area contributed by atoms with E-state index < -0.39 is 18.2 Å². The molecule has 1 rings (SSSR count). The van der Waals surface area contributed by atoms with E-state index >= 15 is 0 Å². The normalized spacial score (nSPS) is 13.5. The lowest BCUT2D eigenvalue weighted by Gasteiger charge is -2.16. The summed E-state index contributed by atoms with van der Waals surface area (Å²) in [7, 11) is 0. The number of hydrogen-bond acceptors (Lipinski definition) is 3. The molecule has 0 unspecified atom stereocenters. The molecule has 0 aliphatic heterocycles. The van der Waals surface area contributed by atoms with Crippen molar-refractivity contribution in [2.45, 2.75) is 25.7 Å². The summed E-state index contributed by atoms with van der Waals surface area (Å²) in [6.07, 6.45) is 0.0313. The predicted octanol–water partition coefficient (Wildman–Crippen LogP) is 1.85. The summed E-state index contributed by atoms with van der Waals surface area (Å²) >= 11 is 0. The van der Waals surface area contributed by atoms with Crippen LogP contribution in [0.25, 0.3) is 0 Å². The van der Waals surface area contributed by atoms with Gasteiger partial charge < -0.3 is 15.2 Å². The predicted molar refractivity (Wildman–Crippen MR) is 65.4 cm³/mol. The topological polar surface area (TPSA) is 58.6 Å². The first-order valence-electron chi connectivity index (χ1n) is 5.41. The van der Waals surface area contributed by atoms with Gasteiger partial charge in [-0.25, -0.2) is 4.79 Å². The van der Waals surface area contributed by atoms with Gasteiger partial charge >= 0.3 is 6.09 Å². The molecule has 17 heavy (non-hydrogen) atoms. The minimum absolute atomic E-state index is 0.212. The van der Waals surface area contributed by atoms with Crippen LogP contribution in [0.5, 0.6) is 0 Å². The molecule has 2 N–H and O–H groups in total. The molecule has 0 spiro atoms. The van der Waals surface area contributed by atoms with Gasteiger partial charge in [0.1, 0.15) is 6.61 Å². The third-order valence-electron chi connectivity index (χ3n) is 2.31. The third-order valence-corrected chi connectivity index (χ3v) is 2.31. The number of carbonyl (C=O) groups excluding carboxylic acids is 1. The molecule has 0 saturated heterocycles. The maximum Gasteiger partial charge on any atom is 0.407 e. The molecule has 1 aromatic rings. The Kier molecular flexibility index (Phi) is 5.23. The Morgan fingerprint density at radius 3 is 2.76 bits per heavy atom. The van der Waals surface area contributed by atoms with Crippen molar-refractivity contribution in [3.8, 4) is 0 Å². The summed E-state index contributed by atoms with van der Waals surface area (Å²) in [5, 5.41) is 11.9. The van der Waals surface area contributed by atoms with Crippen LogP contribution in [0.4, 0.5) is 4.79 Å². The fourth-order valence-corrected chi connectivity index (χ4v) is 1.24. The number of ether oxygens (including phenoxy) is 1. The lowest BCUT2D eigenvalue weighted by Crippen LogP contribution is -2.40. The highest BCUT2D eigenvalue weighted by Gasteiger charge is 2.13. The monoisotopic (exact) mass is 235 g/mol. The molecule has 0 aliphatic carbocycles. The van der Waals surface area contributed by atoms with Gasteiger partial charge in [-0.15, -0.1) is 6.58 Å². The first-order valence-corrected chi connectivity index (χ1v) is 5.41. The van der Waals surface area contributed by atoms with Crippen LogP contribution in [0, 0.1) is 0 Å². The Balaban J connectivity index is 2.33. The van der Waals surface area contributed by atoms with E-state index in [0.29, 0.717) is 0 Å². The molecule has 1 amide bonds. The smallest absolute Gasteiger partial charge is 0.407 e. The minimum atomic E-state index is -0.778. The zero-order chi connectivity index (χ0) is 12.7. The van der Waals surface area contributed by atoms with Gasteiger partial charge in [-0.2, -0.15) is 0 Å². The van der Waals surface area contributed by atoms with Crippen LogP contribution in [-0.2, 0) is 11.3 Å². The molecule has 0 heterocycles. The van der Waals surface area contributed by atoms with E-state index in [-0.39, 0.29) is 6.61 Å². The number of nitrogens with one attached hydrogen (secondary N) is 1. The van der Waals surface area contributed by atoms with Crippen LogP contribution in [-0.4, -0.2) is 23.3 Å². The molecule has 4 nitrogen and oxygen atoms in total. The molecular weight excluding hydrogens is 218 g/mol. The van der Waals surface area contributed by atoms with Gasteiger partial charge in [0.2, 0.25) is 0 Å². The molecule has 0 radical (unpaired) electrons. The molecule has 0 aromatic heterocycles. The first-order chi connectivity index (χ1) is 8.13. The molecule has 0 saturated carbocycles. The second-order valence-electron chi connectivity index (χ2n) is 3.72. The zero-order valence-electron chi connectivity index (χ0n) is 9.80. The Bertz CT molecular complexity index is 364. The number of aliphatic hydroxyl groups excluding tert-OH is 1. The van der Waals surface area contributed by atoms with E-state index in [1.807, 2.05) is 30.3 Å². The van der Waals surface area contributed by atoms with Gasteiger partial charge in [0, 0.05) is 0 Å². The van der Waals surface area contributed by atoms with E-state index in [9.17, 15) is 9.90 Å². The molecule has 0 fully saturated rings. The van der Waals surface area contributed by atoms with Crippen molar-refractivity contribution in [1.29, 1.82) is 0 Å². The number of aliphatic hydroxyl groups is 1. The second kappa shape index (κ2) is 6.70. The van der Waals surface area contributed by atoms with Crippen molar-refractivity contribution >= 4 is 6.09 Å². The highest BCUT2D eigenvalue weighted by atomic mass is 16.5. The van der Waals surface area contributed by atoms with E-state index in [2.05, 4.69) is 11.9 Å². The van der Waals surface area contributed by atoms with Crippen LogP contribution in [0.1, 0.15) is 12.5 Å². The van der Waals surface area contributed by atoms with E-state index in [4.69, 9.17) is 4.74 Å². The second-order valence-corrected chi connectivity index (χ2v) is 3.72. The van der Waals surface area contributed by atoms with E-state index in [1.165, 1.54) is 6.08 Å². The largest absolute Gasteiger partial charge is 0.445 e. The molecule has 0 aliphatic rings. The average Bonchev–Trinajstić information content (AvgIpc) is 2.36. The highest BCUT2D eigenvalue weighted by Crippen LogP contribution is 2.01. The van der Waals surface area contributed by atoms with Gasteiger partial charge in [0.15, 0.2) is 0 Å². The molecule has 2 atom stereocenters. The molecule has 1 aromatic carbocycles. The fourth-order valence-electron chi connectivity index (χ4n) is 1.24. The van der Waals surface area contributed by atoms with Crippen molar-refractivity contribution in [2.24, 2.45) is 0 Å². The van der Waals surface area contributed by atoms with Gasteiger partial charge in [-0.1, -0.05) is 36.4 Å². The molecule has 4 heteroatoms. The molecule has 92 valence electrons. The van der Waals surface area contributed by atoms with Crippen molar-refractivity contribution in [3.05, 3.63) is 48.6 Å². The van der Waals surface area contributed by atoms with Gasteiger partial charge in [-0.3, -0.25) is 0 Å². The fraction of sp³-hybridized carbons (Fsp3) is 0.308. The van der Waals surface area contributed by atoms with Crippen LogP contribution in [0.2, 0.25) is 0 Å². The standard InChI is InChI=1S/C13H17NO3/c1-3-12(15)10(2)14-13(16)17-9-11-7-5-4-6-8-11/h3-8,10,12,15H,1,9H2,2H3,(H,14,16)/t10-,12-/m0/s1. The summed E-state index contributed by atoms with van der Waals surface area (Å²) < 4.78 is 5.00.